The Morgan fingerprint density at radius 3 is 2.95 bits per heavy atom. The zero-order chi connectivity index (χ0) is 13.9. The van der Waals surface area contributed by atoms with E-state index >= 15 is 0 Å². The Hall–Kier alpha value is -1.01. The van der Waals surface area contributed by atoms with E-state index in [2.05, 4.69) is 53.1 Å². The van der Waals surface area contributed by atoms with Gasteiger partial charge in [-0.05, 0) is 36.7 Å². The van der Waals surface area contributed by atoms with Crippen LogP contribution in [0.15, 0.2) is 35.2 Å². The molecule has 20 heavy (non-hydrogen) atoms. The number of rotatable bonds is 5. The Labute approximate surface area is 131 Å². The zero-order valence-electron chi connectivity index (χ0n) is 11.4. The van der Waals surface area contributed by atoms with E-state index in [0.29, 0.717) is 6.04 Å². The molecule has 0 fully saturated rings. The molecule has 0 aromatic carbocycles. The van der Waals surface area contributed by atoms with Gasteiger partial charge in [0.1, 0.15) is 5.01 Å². The third-order valence-corrected chi connectivity index (χ3v) is 6.00. The predicted molar refractivity (Wildman–Crippen MR) is 89.7 cm³/mol. The zero-order valence-corrected chi connectivity index (χ0v) is 13.9. The molecule has 0 amide bonds. The summed E-state index contributed by atoms with van der Waals surface area (Å²) in [5.74, 6) is 0. The van der Waals surface area contributed by atoms with Crippen molar-refractivity contribution in [1.82, 2.24) is 10.3 Å². The molecule has 0 bridgehead atoms. The molecule has 0 spiro atoms. The van der Waals surface area contributed by atoms with Crippen molar-refractivity contribution in [3.63, 3.8) is 0 Å². The summed E-state index contributed by atoms with van der Waals surface area (Å²) in [5.41, 5.74) is 1.33. The van der Waals surface area contributed by atoms with Crippen molar-refractivity contribution in [1.29, 1.82) is 0 Å². The summed E-state index contributed by atoms with van der Waals surface area (Å²) in [4.78, 5) is 8.42. The Morgan fingerprint density at radius 2 is 2.25 bits per heavy atom. The topological polar surface area (TPSA) is 24.9 Å². The normalized spacial score (nSPS) is 12.7. The van der Waals surface area contributed by atoms with E-state index in [4.69, 9.17) is 0 Å². The Kier molecular flexibility index (Phi) is 4.31. The molecule has 0 aliphatic carbocycles. The molecular weight excluding hydrogens is 304 g/mol. The highest BCUT2D eigenvalue weighted by Crippen LogP contribution is 2.29. The molecule has 0 aliphatic rings. The molecule has 5 heteroatoms. The van der Waals surface area contributed by atoms with Crippen LogP contribution >= 0.6 is 34.0 Å². The fraction of sp³-hybridized carbons (Fsp3) is 0.267. The monoisotopic (exact) mass is 320 g/mol. The average molecular weight is 321 g/mol. The molecule has 0 aliphatic heterocycles. The largest absolute Gasteiger partial charge is 0.303 e. The van der Waals surface area contributed by atoms with Gasteiger partial charge in [0.2, 0.25) is 0 Å². The first-order chi connectivity index (χ1) is 9.72. The number of hydrogen-bond acceptors (Lipinski definition) is 5. The summed E-state index contributed by atoms with van der Waals surface area (Å²) < 4.78 is 0. The molecule has 3 aromatic rings. The van der Waals surface area contributed by atoms with Gasteiger partial charge in [0, 0.05) is 32.9 Å². The lowest BCUT2D eigenvalue weighted by molar-refractivity contribution is 0.576. The third kappa shape index (κ3) is 3.17. The number of aromatic nitrogens is 1. The highest BCUT2D eigenvalue weighted by molar-refractivity contribution is 7.14. The summed E-state index contributed by atoms with van der Waals surface area (Å²) in [6.45, 7) is 5.17. The molecule has 2 nitrogen and oxygen atoms in total. The Balaban J connectivity index is 1.61. The SMILES string of the molecule is Cc1cnc(C(C)NCc2cc(-c3cccs3)cs2)s1. The van der Waals surface area contributed by atoms with Crippen molar-refractivity contribution in [2.24, 2.45) is 0 Å². The van der Waals surface area contributed by atoms with Gasteiger partial charge < -0.3 is 5.32 Å². The lowest BCUT2D eigenvalue weighted by atomic mass is 10.2. The van der Waals surface area contributed by atoms with Crippen LogP contribution in [-0.4, -0.2) is 4.98 Å². The minimum atomic E-state index is 0.306. The second-order valence-corrected chi connectivity index (χ2v) is 7.90. The summed E-state index contributed by atoms with van der Waals surface area (Å²) >= 11 is 5.37. The molecule has 1 unspecified atom stereocenters. The van der Waals surface area contributed by atoms with E-state index in [9.17, 15) is 0 Å². The van der Waals surface area contributed by atoms with Crippen molar-refractivity contribution in [3.8, 4) is 10.4 Å². The maximum absolute atomic E-state index is 4.43. The number of thiophene rings is 2. The van der Waals surface area contributed by atoms with Crippen LogP contribution in [0.5, 0.6) is 0 Å². The van der Waals surface area contributed by atoms with Crippen LogP contribution in [-0.2, 0) is 6.54 Å². The number of nitrogens with zero attached hydrogens (tertiary/aromatic N) is 1. The van der Waals surface area contributed by atoms with Crippen LogP contribution in [0.1, 0.15) is 27.7 Å². The smallest absolute Gasteiger partial charge is 0.109 e. The van der Waals surface area contributed by atoms with E-state index in [1.807, 2.05) is 17.5 Å². The Morgan fingerprint density at radius 1 is 1.35 bits per heavy atom. The first kappa shape index (κ1) is 13.9. The number of nitrogens with one attached hydrogen (secondary N) is 1. The van der Waals surface area contributed by atoms with Crippen molar-refractivity contribution >= 4 is 34.0 Å². The second kappa shape index (κ2) is 6.18. The first-order valence-corrected chi connectivity index (χ1v) is 9.07. The summed E-state index contributed by atoms with van der Waals surface area (Å²) in [6, 6.07) is 6.86. The van der Waals surface area contributed by atoms with Gasteiger partial charge in [-0.2, -0.15) is 0 Å². The van der Waals surface area contributed by atoms with E-state index in [1.54, 1.807) is 22.7 Å². The molecule has 0 radical (unpaired) electrons. The van der Waals surface area contributed by atoms with Gasteiger partial charge in [0.05, 0.1) is 6.04 Å². The molecule has 3 rings (SSSR count). The van der Waals surface area contributed by atoms with Crippen LogP contribution in [0.4, 0.5) is 0 Å². The van der Waals surface area contributed by atoms with Crippen LogP contribution in [0, 0.1) is 6.92 Å². The van der Waals surface area contributed by atoms with Gasteiger partial charge in [-0.3, -0.25) is 0 Å². The van der Waals surface area contributed by atoms with Crippen LogP contribution in [0.3, 0.4) is 0 Å². The van der Waals surface area contributed by atoms with Gasteiger partial charge >= 0.3 is 0 Å². The fourth-order valence-corrected chi connectivity index (χ4v) is 4.38. The minimum absolute atomic E-state index is 0.306. The first-order valence-electron chi connectivity index (χ1n) is 6.49. The van der Waals surface area contributed by atoms with Gasteiger partial charge in [-0.1, -0.05) is 6.07 Å². The molecule has 3 aromatic heterocycles. The van der Waals surface area contributed by atoms with Crippen molar-refractivity contribution in [2.75, 3.05) is 0 Å². The predicted octanol–water partition coefficient (Wildman–Crippen LogP) is 5.09. The molecule has 1 N–H and O–H groups in total. The fourth-order valence-electron chi connectivity index (χ4n) is 1.96. The maximum atomic E-state index is 4.43. The molecule has 3 heterocycles. The maximum Gasteiger partial charge on any atom is 0.109 e. The van der Waals surface area contributed by atoms with Gasteiger partial charge in [-0.25, -0.2) is 4.98 Å². The lowest BCUT2D eigenvalue weighted by Gasteiger charge is -2.09. The van der Waals surface area contributed by atoms with Gasteiger partial charge in [0.15, 0.2) is 0 Å². The number of aryl methyl sites for hydroxylation is 1. The van der Waals surface area contributed by atoms with E-state index in [0.717, 1.165) is 11.6 Å². The third-order valence-electron chi connectivity index (χ3n) is 3.05. The second-order valence-electron chi connectivity index (χ2n) is 4.69. The van der Waals surface area contributed by atoms with Crippen molar-refractivity contribution in [3.05, 3.63) is 49.9 Å². The standard InChI is InChI=1S/C15H16N2S3/c1-10-7-17-15(20-10)11(2)16-8-13-6-12(9-19-13)14-4-3-5-18-14/h3-7,9,11,16H,8H2,1-2H3. The highest BCUT2D eigenvalue weighted by Gasteiger charge is 2.10. The number of hydrogen-bond donors (Lipinski definition) is 1. The van der Waals surface area contributed by atoms with Crippen molar-refractivity contribution in [2.45, 2.75) is 26.4 Å². The average Bonchev–Trinajstić information content (AvgIpc) is 3.16. The van der Waals surface area contributed by atoms with Gasteiger partial charge in [-0.15, -0.1) is 34.0 Å². The molecule has 104 valence electrons. The summed E-state index contributed by atoms with van der Waals surface area (Å²) in [5, 5.41) is 9.07. The number of thiazole rings is 1. The van der Waals surface area contributed by atoms with E-state index < -0.39 is 0 Å². The molecule has 1 atom stereocenters. The van der Waals surface area contributed by atoms with Crippen LogP contribution in [0.2, 0.25) is 0 Å². The lowest BCUT2D eigenvalue weighted by Crippen LogP contribution is -2.17. The molecule has 0 saturated heterocycles. The minimum Gasteiger partial charge on any atom is -0.303 e. The van der Waals surface area contributed by atoms with Crippen molar-refractivity contribution < 1.29 is 0 Å². The summed E-state index contributed by atoms with van der Waals surface area (Å²) in [6.07, 6.45) is 1.94. The van der Waals surface area contributed by atoms with Gasteiger partial charge in [0.25, 0.3) is 0 Å². The molecule has 0 saturated carbocycles. The van der Waals surface area contributed by atoms with Crippen LogP contribution in [0.25, 0.3) is 10.4 Å². The van der Waals surface area contributed by atoms with E-state index in [1.165, 1.54) is 20.2 Å². The van der Waals surface area contributed by atoms with Crippen LogP contribution < -0.4 is 5.32 Å². The molecular formula is C15H16N2S3. The highest BCUT2D eigenvalue weighted by atomic mass is 32.1. The summed E-state index contributed by atoms with van der Waals surface area (Å²) in [7, 11) is 0. The Bertz CT molecular complexity index is 667. The van der Waals surface area contributed by atoms with E-state index in [-0.39, 0.29) is 0 Å². The quantitative estimate of drug-likeness (QED) is 0.708.